The lowest BCUT2D eigenvalue weighted by Crippen LogP contribution is -2.24. The molecule has 0 saturated heterocycles. The summed E-state index contributed by atoms with van der Waals surface area (Å²) in [4.78, 5) is 12.8. The third-order valence-electron chi connectivity index (χ3n) is 3.16. The lowest BCUT2D eigenvalue weighted by Gasteiger charge is -2.01. The number of nitrogens with zero attached hydrogens (tertiary/aromatic N) is 2. The molecule has 0 saturated carbocycles. The largest absolute Gasteiger partial charge is 0.497 e. The summed E-state index contributed by atoms with van der Waals surface area (Å²) in [6, 6.07) is 11.2. The van der Waals surface area contributed by atoms with Crippen LogP contribution in [-0.4, -0.2) is 23.2 Å². The molecule has 0 aliphatic heterocycles. The Balaban J connectivity index is 1.57. The zero-order valence-corrected chi connectivity index (χ0v) is 13.3. The van der Waals surface area contributed by atoms with Crippen molar-refractivity contribution in [2.75, 3.05) is 7.11 Å². The molecule has 0 aliphatic carbocycles. The lowest BCUT2D eigenvalue weighted by atomic mass is 10.2. The molecule has 0 atom stereocenters. The van der Waals surface area contributed by atoms with Gasteiger partial charge in [-0.15, -0.1) is 21.5 Å². The third-order valence-corrected chi connectivity index (χ3v) is 4.03. The highest BCUT2D eigenvalue weighted by atomic mass is 32.1. The van der Waals surface area contributed by atoms with E-state index in [9.17, 15) is 4.79 Å². The number of amides is 1. The van der Waals surface area contributed by atoms with Gasteiger partial charge in [-0.1, -0.05) is 6.07 Å². The highest BCUT2D eigenvalue weighted by molar-refractivity contribution is 7.10. The number of aromatic nitrogens is 2. The third kappa shape index (κ3) is 3.95. The topological polar surface area (TPSA) is 77.3 Å². The van der Waals surface area contributed by atoms with Crippen LogP contribution in [0.4, 0.5) is 0 Å². The first kappa shape index (κ1) is 15.2. The van der Waals surface area contributed by atoms with Crippen molar-refractivity contribution in [2.24, 2.45) is 0 Å². The van der Waals surface area contributed by atoms with E-state index in [-0.39, 0.29) is 12.5 Å². The second kappa shape index (κ2) is 7.06. The summed E-state index contributed by atoms with van der Waals surface area (Å²) in [6.45, 7) is 0.216. The second-order valence-electron chi connectivity index (χ2n) is 4.76. The monoisotopic (exact) mass is 329 g/mol. The maximum Gasteiger partial charge on any atom is 0.247 e. The summed E-state index contributed by atoms with van der Waals surface area (Å²) in [5.41, 5.74) is 0.800. The molecule has 0 bridgehead atoms. The van der Waals surface area contributed by atoms with E-state index in [1.54, 1.807) is 18.4 Å². The van der Waals surface area contributed by atoms with Gasteiger partial charge in [0.05, 0.1) is 20.1 Å². The van der Waals surface area contributed by atoms with Gasteiger partial charge >= 0.3 is 0 Å². The van der Waals surface area contributed by atoms with Crippen LogP contribution in [0, 0.1) is 0 Å². The molecule has 3 rings (SSSR count). The van der Waals surface area contributed by atoms with Crippen LogP contribution in [0.2, 0.25) is 0 Å². The standard InChI is InChI=1S/C16H15N3O3S/c1-21-12-6-4-11(5-7-12)16-19-18-15(22-16)10-17-14(20)9-13-3-2-8-23-13/h2-8H,9-10H2,1H3,(H,17,20). The van der Waals surface area contributed by atoms with Crippen LogP contribution in [0.3, 0.4) is 0 Å². The highest BCUT2D eigenvalue weighted by Gasteiger charge is 2.10. The van der Waals surface area contributed by atoms with Gasteiger partial charge in [0.15, 0.2) is 0 Å². The van der Waals surface area contributed by atoms with Crippen LogP contribution >= 0.6 is 11.3 Å². The molecule has 0 spiro atoms. The van der Waals surface area contributed by atoms with Gasteiger partial charge in [0.1, 0.15) is 5.75 Å². The van der Waals surface area contributed by atoms with E-state index in [0.29, 0.717) is 18.2 Å². The molecule has 1 N–H and O–H groups in total. The van der Waals surface area contributed by atoms with Crippen LogP contribution in [0.1, 0.15) is 10.8 Å². The number of hydrogen-bond acceptors (Lipinski definition) is 6. The zero-order valence-electron chi connectivity index (χ0n) is 12.5. The first-order valence-corrected chi connectivity index (χ1v) is 7.88. The summed E-state index contributed by atoms with van der Waals surface area (Å²) < 4.78 is 10.7. The molecule has 3 aromatic rings. The van der Waals surface area contributed by atoms with Crippen LogP contribution in [-0.2, 0) is 17.8 Å². The van der Waals surface area contributed by atoms with E-state index >= 15 is 0 Å². The van der Waals surface area contributed by atoms with Gasteiger partial charge in [-0.2, -0.15) is 0 Å². The first-order valence-electron chi connectivity index (χ1n) is 7.00. The summed E-state index contributed by atoms with van der Waals surface area (Å²) in [5, 5.41) is 12.7. The molecule has 6 nitrogen and oxygen atoms in total. The Morgan fingerprint density at radius 3 is 2.78 bits per heavy atom. The number of methoxy groups -OCH3 is 1. The molecule has 2 heterocycles. The van der Waals surface area contributed by atoms with Gasteiger partial charge in [0.2, 0.25) is 17.7 Å². The zero-order chi connectivity index (χ0) is 16.1. The predicted molar refractivity (Wildman–Crippen MR) is 86.2 cm³/mol. The molecule has 7 heteroatoms. The average molecular weight is 329 g/mol. The Morgan fingerprint density at radius 2 is 2.09 bits per heavy atom. The minimum absolute atomic E-state index is 0.0725. The van der Waals surface area contributed by atoms with Crippen molar-refractivity contribution in [1.29, 1.82) is 0 Å². The Morgan fingerprint density at radius 1 is 1.26 bits per heavy atom. The van der Waals surface area contributed by atoms with E-state index < -0.39 is 0 Å². The summed E-state index contributed by atoms with van der Waals surface area (Å²) in [7, 11) is 1.61. The van der Waals surface area contributed by atoms with Crippen molar-refractivity contribution in [1.82, 2.24) is 15.5 Å². The number of hydrogen-bond donors (Lipinski definition) is 1. The highest BCUT2D eigenvalue weighted by Crippen LogP contribution is 2.21. The van der Waals surface area contributed by atoms with Crippen LogP contribution in [0.15, 0.2) is 46.2 Å². The van der Waals surface area contributed by atoms with Gasteiger partial charge in [-0.3, -0.25) is 4.79 Å². The number of carbonyl (C=O) groups is 1. The maximum atomic E-state index is 11.8. The first-order chi connectivity index (χ1) is 11.2. The number of carbonyl (C=O) groups excluding carboxylic acids is 1. The van der Waals surface area contributed by atoms with Crippen LogP contribution in [0.5, 0.6) is 5.75 Å². The van der Waals surface area contributed by atoms with Crippen molar-refractivity contribution in [3.63, 3.8) is 0 Å². The molecule has 23 heavy (non-hydrogen) atoms. The SMILES string of the molecule is COc1ccc(-c2nnc(CNC(=O)Cc3cccs3)o2)cc1. The number of nitrogens with one attached hydrogen (secondary N) is 1. The molecule has 0 unspecified atom stereocenters. The number of benzene rings is 1. The van der Waals surface area contributed by atoms with E-state index in [1.165, 1.54) is 0 Å². The quantitative estimate of drug-likeness (QED) is 0.752. The van der Waals surface area contributed by atoms with Crippen molar-refractivity contribution in [3.05, 3.63) is 52.5 Å². The summed E-state index contributed by atoms with van der Waals surface area (Å²) in [6.07, 6.45) is 0.358. The van der Waals surface area contributed by atoms with Crippen LogP contribution in [0.25, 0.3) is 11.5 Å². The predicted octanol–water partition coefficient (Wildman–Crippen LogP) is 2.67. The van der Waals surface area contributed by atoms with E-state index in [0.717, 1.165) is 16.2 Å². The van der Waals surface area contributed by atoms with Crippen molar-refractivity contribution < 1.29 is 13.9 Å². The maximum absolute atomic E-state index is 11.8. The minimum Gasteiger partial charge on any atom is -0.497 e. The molecule has 0 fully saturated rings. The fraction of sp³-hybridized carbons (Fsp3) is 0.188. The molecule has 2 aromatic heterocycles. The molecule has 1 amide bonds. The van der Waals surface area contributed by atoms with Crippen molar-refractivity contribution >= 4 is 17.2 Å². The smallest absolute Gasteiger partial charge is 0.247 e. The van der Waals surface area contributed by atoms with E-state index in [1.807, 2.05) is 41.8 Å². The molecular weight excluding hydrogens is 314 g/mol. The van der Waals surface area contributed by atoms with E-state index in [2.05, 4.69) is 15.5 Å². The molecule has 1 aromatic carbocycles. The summed E-state index contributed by atoms with van der Waals surface area (Å²) >= 11 is 1.55. The molecule has 0 aliphatic rings. The normalized spacial score (nSPS) is 10.5. The Labute approximate surface area is 137 Å². The van der Waals surface area contributed by atoms with Gasteiger partial charge in [-0.05, 0) is 35.7 Å². The van der Waals surface area contributed by atoms with Crippen molar-refractivity contribution in [3.8, 4) is 17.2 Å². The average Bonchev–Trinajstić information content (AvgIpc) is 3.25. The molecule has 118 valence electrons. The van der Waals surface area contributed by atoms with Gasteiger partial charge < -0.3 is 14.5 Å². The number of ether oxygens (including phenoxy) is 1. The summed E-state index contributed by atoms with van der Waals surface area (Å²) in [5.74, 6) is 1.47. The second-order valence-corrected chi connectivity index (χ2v) is 5.79. The Hall–Kier alpha value is -2.67. The Bertz CT molecular complexity index is 766. The van der Waals surface area contributed by atoms with Crippen molar-refractivity contribution in [2.45, 2.75) is 13.0 Å². The lowest BCUT2D eigenvalue weighted by molar-refractivity contribution is -0.120. The van der Waals surface area contributed by atoms with Gasteiger partial charge in [0.25, 0.3) is 0 Å². The Kier molecular flexibility index (Phi) is 4.68. The fourth-order valence-electron chi connectivity index (χ4n) is 1.98. The van der Waals surface area contributed by atoms with Crippen LogP contribution < -0.4 is 10.1 Å². The molecular formula is C16H15N3O3S. The van der Waals surface area contributed by atoms with Gasteiger partial charge in [0, 0.05) is 10.4 Å². The molecule has 0 radical (unpaired) electrons. The fourth-order valence-corrected chi connectivity index (χ4v) is 2.69. The van der Waals surface area contributed by atoms with E-state index in [4.69, 9.17) is 9.15 Å². The minimum atomic E-state index is -0.0725. The number of rotatable bonds is 6. The van der Waals surface area contributed by atoms with Gasteiger partial charge in [-0.25, -0.2) is 0 Å². The number of thiophene rings is 1.